The first-order valence-electron chi connectivity index (χ1n) is 9.37. The smallest absolute Gasteiger partial charge is 0.215 e. The van der Waals surface area contributed by atoms with Crippen LogP contribution in [-0.2, 0) is 7.05 Å². The van der Waals surface area contributed by atoms with Crippen molar-refractivity contribution in [3.05, 3.63) is 94.9 Å². The summed E-state index contributed by atoms with van der Waals surface area (Å²) in [6.07, 6.45) is 4.43. The average molecular weight is 353 g/mol. The maximum absolute atomic E-state index is 2.31. The molecular weight excluding hydrogens is 328 g/mol. The van der Waals surface area contributed by atoms with Gasteiger partial charge in [-0.1, -0.05) is 30.3 Å². The lowest BCUT2D eigenvalue weighted by Gasteiger charge is -2.09. The summed E-state index contributed by atoms with van der Waals surface area (Å²) in [6, 6.07) is 23.6. The highest BCUT2D eigenvalue weighted by molar-refractivity contribution is 5.80. The van der Waals surface area contributed by atoms with E-state index >= 15 is 0 Å². The topological polar surface area (TPSA) is 8.81 Å². The second-order valence-electron chi connectivity index (χ2n) is 7.16. The molecule has 2 aromatic heterocycles. The number of aryl methyl sites for hydroxylation is 3. The van der Waals surface area contributed by atoms with Crippen LogP contribution in [0.1, 0.15) is 28.2 Å². The average Bonchev–Trinajstić information content (AvgIpc) is 2.95. The Morgan fingerprint density at radius 3 is 2.37 bits per heavy atom. The highest BCUT2D eigenvalue weighted by atomic mass is 15.0. The minimum absolute atomic E-state index is 1.20. The Morgan fingerprint density at radius 1 is 0.815 bits per heavy atom. The van der Waals surface area contributed by atoms with Crippen molar-refractivity contribution < 1.29 is 4.57 Å². The predicted molar refractivity (Wildman–Crippen MR) is 114 cm³/mol. The molecule has 0 saturated heterocycles. The van der Waals surface area contributed by atoms with Crippen molar-refractivity contribution in [1.82, 2.24) is 4.57 Å². The number of aromatic nitrogens is 2. The second-order valence-corrected chi connectivity index (χ2v) is 7.16. The van der Waals surface area contributed by atoms with Crippen LogP contribution in [0.4, 0.5) is 0 Å². The Hall–Kier alpha value is -3.13. The fourth-order valence-corrected chi connectivity index (χ4v) is 3.96. The van der Waals surface area contributed by atoms with Crippen molar-refractivity contribution in [3.63, 3.8) is 0 Å². The number of fused-ring (bicyclic) bond motifs is 1. The summed E-state index contributed by atoms with van der Waals surface area (Å²) < 4.78 is 4.59. The zero-order valence-corrected chi connectivity index (χ0v) is 16.4. The Labute approximate surface area is 161 Å². The zero-order chi connectivity index (χ0) is 19.0. The third kappa shape index (κ3) is 3.08. The van der Waals surface area contributed by atoms with Gasteiger partial charge in [-0.05, 0) is 62.7 Å². The number of nitrogens with zero attached hydrogens (tertiary/aromatic N) is 2. The first-order valence-corrected chi connectivity index (χ1v) is 9.37. The first-order chi connectivity index (χ1) is 13.1. The molecule has 0 radical (unpaired) electrons. The van der Waals surface area contributed by atoms with Gasteiger partial charge in [0.1, 0.15) is 7.05 Å². The van der Waals surface area contributed by atoms with Crippen molar-refractivity contribution in [3.8, 4) is 5.69 Å². The van der Waals surface area contributed by atoms with E-state index in [2.05, 4.69) is 116 Å². The van der Waals surface area contributed by atoms with E-state index in [1.54, 1.807) is 0 Å². The summed E-state index contributed by atoms with van der Waals surface area (Å²) in [5.41, 5.74) is 8.75. The highest BCUT2D eigenvalue weighted by Gasteiger charge is 2.13. The molecule has 0 amide bonds. The van der Waals surface area contributed by atoms with E-state index in [0.717, 1.165) is 0 Å². The summed E-state index contributed by atoms with van der Waals surface area (Å²) in [4.78, 5) is 0. The Morgan fingerprint density at radius 2 is 1.59 bits per heavy atom. The summed E-state index contributed by atoms with van der Waals surface area (Å²) in [6.45, 7) is 6.52. The maximum Gasteiger partial charge on any atom is 0.215 e. The van der Waals surface area contributed by atoms with Crippen molar-refractivity contribution in [2.75, 3.05) is 0 Å². The minimum atomic E-state index is 1.20. The first kappa shape index (κ1) is 17.3. The van der Waals surface area contributed by atoms with Gasteiger partial charge in [0.2, 0.25) is 11.2 Å². The van der Waals surface area contributed by atoms with Crippen LogP contribution in [0.2, 0.25) is 0 Å². The van der Waals surface area contributed by atoms with Crippen LogP contribution in [0.3, 0.4) is 0 Å². The van der Waals surface area contributed by atoms with E-state index in [-0.39, 0.29) is 0 Å². The Bertz CT molecular complexity index is 1150. The van der Waals surface area contributed by atoms with Gasteiger partial charge in [-0.25, -0.2) is 0 Å². The molecule has 27 heavy (non-hydrogen) atoms. The minimum Gasteiger partial charge on any atom is -0.318 e. The zero-order valence-electron chi connectivity index (χ0n) is 16.4. The molecule has 0 aliphatic carbocycles. The van der Waals surface area contributed by atoms with E-state index in [1.165, 1.54) is 44.8 Å². The largest absolute Gasteiger partial charge is 0.318 e. The lowest BCUT2D eigenvalue weighted by atomic mass is 10.1. The van der Waals surface area contributed by atoms with Gasteiger partial charge in [0.15, 0.2) is 0 Å². The van der Waals surface area contributed by atoms with Crippen LogP contribution in [-0.4, -0.2) is 4.57 Å². The number of hydrogen-bond acceptors (Lipinski definition) is 0. The molecule has 0 fully saturated rings. The van der Waals surface area contributed by atoms with Crippen LogP contribution in [0.25, 0.3) is 28.7 Å². The van der Waals surface area contributed by atoms with Crippen molar-refractivity contribution in [1.29, 1.82) is 0 Å². The third-order valence-electron chi connectivity index (χ3n) is 5.34. The van der Waals surface area contributed by atoms with Gasteiger partial charge in [0.05, 0.1) is 0 Å². The normalized spacial score (nSPS) is 11.6. The molecule has 0 atom stereocenters. The lowest BCUT2D eigenvalue weighted by molar-refractivity contribution is -0.646. The van der Waals surface area contributed by atoms with Gasteiger partial charge in [0, 0.05) is 40.2 Å². The summed E-state index contributed by atoms with van der Waals surface area (Å²) in [7, 11) is 2.14. The SMILES string of the molecule is Cc1cccc2ccc(/C=C/c3cc(C)n(-c4ccccc4)c3C)[n+](C)c12. The molecule has 134 valence electrons. The van der Waals surface area contributed by atoms with Gasteiger partial charge in [-0.2, -0.15) is 4.57 Å². The monoisotopic (exact) mass is 353 g/mol. The molecule has 0 unspecified atom stereocenters. The predicted octanol–water partition coefficient (Wildman–Crippen LogP) is 5.55. The van der Waals surface area contributed by atoms with Gasteiger partial charge < -0.3 is 4.57 Å². The fraction of sp³-hybridized carbons (Fsp3) is 0.160. The molecular formula is C25H25N2+. The van der Waals surface area contributed by atoms with E-state index in [0.29, 0.717) is 0 Å². The van der Waals surface area contributed by atoms with E-state index < -0.39 is 0 Å². The van der Waals surface area contributed by atoms with Gasteiger partial charge in [-0.15, -0.1) is 0 Å². The molecule has 2 heterocycles. The van der Waals surface area contributed by atoms with E-state index in [9.17, 15) is 0 Å². The van der Waals surface area contributed by atoms with Gasteiger partial charge >= 0.3 is 0 Å². The Balaban J connectivity index is 1.75. The second kappa shape index (κ2) is 6.88. The van der Waals surface area contributed by atoms with Crippen LogP contribution in [0.15, 0.2) is 66.7 Å². The number of pyridine rings is 1. The summed E-state index contributed by atoms with van der Waals surface area (Å²) >= 11 is 0. The summed E-state index contributed by atoms with van der Waals surface area (Å²) in [5, 5.41) is 1.27. The number of rotatable bonds is 3. The maximum atomic E-state index is 2.31. The molecule has 0 spiro atoms. The van der Waals surface area contributed by atoms with Crippen LogP contribution >= 0.6 is 0 Å². The molecule has 0 N–H and O–H groups in total. The van der Waals surface area contributed by atoms with E-state index in [4.69, 9.17) is 0 Å². The number of benzene rings is 2. The lowest BCUT2D eigenvalue weighted by Crippen LogP contribution is -2.33. The van der Waals surface area contributed by atoms with Crippen LogP contribution in [0, 0.1) is 20.8 Å². The van der Waals surface area contributed by atoms with Crippen molar-refractivity contribution in [2.45, 2.75) is 20.8 Å². The third-order valence-corrected chi connectivity index (χ3v) is 5.34. The van der Waals surface area contributed by atoms with Crippen LogP contribution in [0.5, 0.6) is 0 Å². The molecule has 0 aliphatic heterocycles. The molecule has 0 bridgehead atoms. The van der Waals surface area contributed by atoms with E-state index in [1.807, 2.05) is 0 Å². The van der Waals surface area contributed by atoms with Crippen molar-refractivity contribution in [2.24, 2.45) is 7.05 Å². The quantitative estimate of drug-likeness (QED) is 0.427. The number of para-hydroxylation sites is 2. The molecule has 4 rings (SSSR count). The van der Waals surface area contributed by atoms with Crippen LogP contribution < -0.4 is 4.57 Å². The molecule has 0 aliphatic rings. The Kier molecular flexibility index (Phi) is 4.41. The summed E-state index contributed by atoms with van der Waals surface area (Å²) in [5.74, 6) is 0. The van der Waals surface area contributed by atoms with Gasteiger partial charge in [0.25, 0.3) is 0 Å². The molecule has 2 heteroatoms. The molecule has 4 aromatic rings. The number of hydrogen-bond donors (Lipinski definition) is 0. The molecule has 2 aromatic carbocycles. The molecule has 2 nitrogen and oxygen atoms in total. The standard InChI is InChI=1S/C25H25N2/c1-18-9-8-10-21-13-15-23(26(4)25(18)21)16-14-22-17-19(2)27(20(22)3)24-11-6-5-7-12-24/h5-17H,1-4H3/q+1. The fourth-order valence-electron chi connectivity index (χ4n) is 3.96. The molecule has 0 saturated carbocycles. The van der Waals surface area contributed by atoms with Crippen molar-refractivity contribution >= 4 is 23.1 Å². The highest BCUT2D eigenvalue weighted by Crippen LogP contribution is 2.22. The van der Waals surface area contributed by atoms with Gasteiger partial charge in [-0.3, -0.25) is 0 Å².